The number of nitrogens with one attached hydrogen (secondary N) is 1. The molecule has 0 bridgehead atoms. The van der Waals surface area contributed by atoms with Crippen LogP contribution in [0.25, 0.3) is 22.0 Å². The van der Waals surface area contributed by atoms with Gasteiger partial charge in [0.05, 0.1) is 29.8 Å². The number of hydrogen-bond donors (Lipinski definition) is 1. The molecular formula is C28H27N5O3. The maximum atomic E-state index is 13.6. The second-order valence-corrected chi connectivity index (χ2v) is 9.57. The summed E-state index contributed by atoms with van der Waals surface area (Å²) in [6.07, 6.45) is 7.33. The lowest BCUT2D eigenvalue weighted by atomic mass is 9.77. The summed E-state index contributed by atoms with van der Waals surface area (Å²) >= 11 is 0. The van der Waals surface area contributed by atoms with Gasteiger partial charge < -0.3 is 14.5 Å². The van der Waals surface area contributed by atoms with Gasteiger partial charge in [0.25, 0.3) is 5.91 Å². The minimum atomic E-state index is -0.422. The highest BCUT2D eigenvalue weighted by atomic mass is 16.5. The molecule has 1 spiro atoms. The fourth-order valence-corrected chi connectivity index (χ4v) is 5.52. The Labute approximate surface area is 208 Å². The highest BCUT2D eigenvalue weighted by Gasteiger charge is 2.49. The summed E-state index contributed by atoms with van der Waals surface area (Å²) in [6, 6.07) is 15.5. The number of amides is 2. The van der Waals surface area contributed by atoms with Crippen LogP contribution in [0.5, 0.6) is 5.75 Å². The SMILES string of the molecule is COc1cc(N2CCC3(CCN(C(=O)c4cnc5ccccc5c4)CC3)C2=O)ccc1-c1cn[nH]c1. The summed E-state index contributed by atoms with van der Waals surface area (Å²) in [5.74, 6) is 0.817. The molecule has 2 aromatic heterocycles. The molecule has 8 nitrogen and oxygen atoms in total. The molecule has 4 heterocycles. The Morgan fingerprint density at radius 1 is 1.03 bits per heavy atom. The third-order valence-corrected chi connectivity index (χ3v) is 7.66. The molecule has 0 saturated carbocycles. The smallest absolute Gasteiger partial charge is 0.255 e. The number of aromatic nitrogens is 3. The van der Waals surface area contributed by atoms with Gasteiger partial charge >= 0.3 is 0 Å². The molecule has 2 aliphatic rings. The number of carbonyl (C=O) groups is 2. The first-order chi connectivity index (χ1) is 17.6. The first-order valence-electron chi connectivity index (χ1n) is 12.2. The molecule has 2 saturated heterocycles. The zero-order valence-electron chi connectivity index (χ0n) is 20.1. The topological polar surface area (TPSA) is 91.4 Å². The van der Waals surface area contributed by atoms with E-state index in [-0.39, 0.29) is 11.8 Å². The number of ether oxygens (including phenoxy) is 1. The van der Waals surface area contributed by atoms with E-state index in [2.05, 4.69) is 15.2 Å². The second-order valence-electron chi connectivity index (χ2n) is 9.57. The molecule has 0 unspecified atom stereocenters. The molecule has 0 atom stereocenters. The first kappa shape index (κ1) is 22.3. The minimum absolute atomic E-state index is 0.0232. The average molecular weight is 482 g/mol. The van der Waals surface area contributed by atoms with Crippen LogP contribution in [0.3, 0.4) is 0 Å². The van der Waals surface area contributed by atoms with Gasteiger partial charge in [-0.3, -0.25) is 19.7 Å². The summed E-state index contributed by atoms with van der Waals surface area (Å²) in [5, 5.41) is 7.79. The van der Waals surface area contributed by atoms with E-state index in [1.807, 2.05) is 64.5 Å². The van der Waals surface area contributed by atoms with E-state index >= 15 is 0 Å². The van der Waals surface area contributed by atoms with Crippen LogP contribution in [0.1, 0.15) is 29.6 Å². The number of methoxy groups -OCH3 is 1. The van der Waals surface area contributed by atoms with Crippen molar-refractivity contribution in [1.82, 2.24) is 20.1 Å². The number of anilines is 1. The van der Waals surface area contributed by atoms with E-state index in [1.165, 1.54) is 0 Å². The number of benzene rings is 2. The third kappa shape index (κ3) is 3.69. The Bertz CT molecular complexity index is 1440. The number of pyridine rings is 1. The summed E-state index contributed by atoms with van der Waals surface area (Å²) in [6.45, 7) is 1.79. The van der Waals surface area contributed by atoms with Crippen LogP contribution in [0.15, 0.2) is 67.1 Å². The molecule has 36 heavy (non-hydrogen) atoms. The molecule has 0 aliphatic carbocycles. The van der Waals surface area contributed by atoms with Gasteiger partial charge in [-0.1, -0.05) is 18.2 Å². The van der Waals surface area contributed by atoms with Gasteiger partial charge in [0.15, 0.2) is 0 Å². The van der Waals surface area contributed by atoms with Crippen molar-refractivity contribution in [1.29, 1.82) is 0 Å². The van der Waals surface area contributed by atoms with Gasteiger partial charge in [-0.15, -0.1) is 0 Å². The van der Waals surface area contributed by atoms with Crippen LogP contribution in [0.2, 0.25) is 0 Å². The summed E-state index contributed by atoms with van der Waals surface area (Å²) in [7, 11) is 1.63. The molecular weight excluding hydrogens is 454 g/mol. The minimum Gasteiger partial charge on any atom is -0.496 e. The molecule has 1 N–H and O–H groups in total. The van der Waals surface area contributed by atoms with E-state index in [0.717, 1.165) is 34.1 Å². The van der Waals surface area contributed by atoms with E-state index in [1.54, 1.807) is 19.5 Å². The lowest BCUT2D eigenvalue weighted by molar-refractivity contribution is -0.127. The Morgan fingerprint density at radius 3 is 2.61 bits per heavy atom. The summed E-state index contributed by atoms with van der Waals surface area (Å²) < 4.78 is 5.62. The number of aromatic amines is 1. The summed E-state index contributed by atoms with van der Waals surface area (Å²) in [5.41, 5.74) is 3.73. The second kappa shape index (κ2) is 8.78. The predicted octanol–water partition coefficient (Wildman–Crippen LogP) is 4.29. The van der Waals surface area contributed by atoms with Crippen LogP contribution in [0.4, 0.5) is 5.69 Å². The van der Waals surface area contributed by atoms with Gasteiger partial charge in [0.2, 0.25) is 5.91 Å². The maximum absolute atomic E-state index is 13.6. The number of piperidine rings is 1. The van der Waals surface area contributed by atoms with Crippen molar-refractivity contribution in [3.05, 3.63) is 72.7 Å². The zero-order chi connectivity index (χ0) is 24.7. The molecule has 0 radical (unpaired) electrons. The Morgan fingerprint density at radius 2 is 1.83 bits per heavy atom. The zero-order valence-corrected chi connectivity index (χ0v) is 20.1. The van der Waals surface area contributed by atoms with Crippen molar-refractivity contribution in [3.8, 4) is 16.9 Å². The Kier molecular flexibility index (Phi) is 5.44. The predicted molar refractivity (Wildman–Crippen MR) is 137 cm³/mol. The van der Waals surface area contributed by atoms with Crippen LogP contribution >= 0.6 is 0 Å². The van der Waals surface area contributed by atoms with Crippen molar-refractivity contribution in [2.75, 3.05) is 31.6 Å². The van der Waals surface area contributed by atoms with Crippen LogP contribution in [-0.4, -0.2) is 58.6 Å². The van der Waals surface area contributed by atoms with E-state index in [0.29, 0.717) is 43.8 Å². The number of hydrogen-bond acceptors (Lipinski definition) is 5. The molecule has 2 amide bonds. The van der Waals surface area contributed by atoms with Crippen molar-refractivity contribution in [2.24, 2.45) is 5.41 Å². The van der Waals surface area contributed by atoms with Crippen molar-refractivity contribution in [3.63, 3.8) is 0 Å². The number of nitrogens with zero attached hydrogens (tertiary/aromatic N) is 4. The monoisotopic (exact) mass is 481 g/mol. The number of likely N-dealkylation sites (tertiary alicyclic amines) is 1. The molecule has 6 rings (SSSR count). The molecule has 8 heteroatoms. The largest absolute Gasteiger partial charge is 0.496 e. The molecule has 4 aromatic rings. The van der Waals surface area contributed by atoms with Crippen LogP contribution in [-0.2, 0) is 4.79 Å². The first-order valence-corrected chi connectivity index (χ1v) is 12.2. The lowest BCUT2D eigenvalue weighted by Gasteiger charge is -2.38. The van der Waals surface area contributed by atoms with E-state index in [9.17, 15) is 9.59 Å². The molecule has 182 valence electrons. The Hall–Kier alpha value is -4.20. The maximum Gasteiger partial charge on any atom is 0.255 e. The number of carbonyl (C=O) groups excluding carboxylic acids is 2. The third-order valence-electron chi connectivity index (χ3n) is 7.66. The Balaban J connectivity index is 1.16. The average Bonchev–Trinajstić information content (AvgIpc) is 3.57. The van der Waals surface area contributed by atoms with Crippen LogP contribution in [0, 0.1) is 5.41 Å². The van der Waals surface area contributed by atoms with Gasteiger partial charge in [0.1, 0.15) is 5.75 Å². The van der Waals surface area contributed by atoms with Crippen molar-refractivity contribution in [2.45, 2.75) is 19.3 Å². The van der Waals surface area contributed by atoms with Gasteiger partial charge in [-0.05, 0) is 43.5 Å². The quantitative estimate of drug-likeness (QED) is 0.470. The van der Waals surface area contributed by atoms with E-state index in [4.69, 9.17) is 4.74 Å². The highest BCUT2D eigenvalue weighted by molar-refractivity contribution is 6.01. The van der Waals surface area contributed by atoms with Gasteiger partial charge in [-0.25, -0.2) is 0 Å². The number of para-hydroxylation sites is 1. The van der Waals surface area contributed by atoms with Crippen molar-refractivity contribution >= 4 is 28.4 Å². The standard InChI is InChI=1S/C28H27N5O3/c1-36-25-15-22(6-7-23(25)21-17-30-31-18-21)33-13-10-28(27(33)35)8-11-32(12-9-28)26(34)20-14-19-4-2-3-5-24(19)29-16-20/h2-7,14-18H,8-13H2,1H3,(H,30,31). The summed E-state index contributed by atoms with van der Waals surface area (Å²) in [4.78, 5) is 35.0. The number of fused-ring (bicyclic) bond motifs is 1. The lowest BCUT2D eigenvalue weighted by Crippen LogP contribution is -2.46. The molecule has 2 aliphatic heterocycles. The van der Waals surface area contributed by atoms with E-state index < -0.39 is 5.41 Å². The fourth-order valence-electron chi connectivity index (χ4n) is 5.52. The number of H-pyrrole nitrogens is 1. The normalized spacial score (nSPS) is 17.2. The molecule has 2 fully saturated rings. The molecule has 2 aromatic carbocycles. The van der Waals surface area contributed by atoms with Gasteiger partial charge in [0, 0.05) is 60.3 Å². The van der Waals surface area contributed by atoms with Gasteiger partial charge in [-0.2, -0.15) is 5.10 Å². The van der Waals surface area contributed by atoms with Crippen LogP contribution < -0.4 is 9.64 Å². The van der Waals surface area contributed by atoms with Crippen molar-refractivity contribution < 1.29 is 14.3 Å². The highest BCUT2D eigenvalue weighted by Crippen LogP contribution is 2.44. The fraction of sp³-hybridized carbons (Fsp3) is 0.286. The number of rotatable bonds is 4.